The molecule has 26 heavy (non-hydrogen) atoms. The Morgan fingerprint density at radius 1 is 0.808 bits per heavy atom. The van der Waals surface area contributed by atoms with Crippen molar-refractivity contribution in [2.75, 3.05) is 11.5 Å². The van der Waals surface area contributed by atoms with Gasteiger partial charge in [-0.05, 0) is 49.6 Å². The first-order chi connectivity index (χ1) is 12.5. The van der Waals surface area contributed by atoms with Crippen LogP contribution >= 0.6 is 0 Å². The summed E-state index contributed by atoms with van der Waals surface area (Å²) in [6.45, 7) is 0. The molecular formula is C20H22N2O4. The summed E-state index contributed by atoms with van der Waals surface area (Å²) in [6.07, 6.45) is 2.25. The molecule has 0 spiro atoms. The lowest BCUT2D eigenvalue weighted by atomic mass is 9.94. The van der Waals surface area contributed by atoms with Crippen molar-refractivity contribution < 1.29 is 19.1 Å². The second-order valence-electron chi connectivity index (χ2n) is 6.48. The molecule has 2 aromatic rings. The number of anilines is 2. The summed E-state index contributed by atoms with van der Waals surface area (Å²) in [5.74, 6) is -0.824. The van der Waals surface area contributed by atoms with Gasteiger partial charge in [0.15, 0.2) is 0 Å². The van der Waals surface area contributed by atoms with Crippen molar-refractivity contribution in [2.45, 2.75) is 37.9 Å². The lowest BCUT2D eigenvalue weighted by Crippen LogP contribution is -2.31. The third kappa shape index (κ3) is 4.53. The highest BCUT2D eigenvalue weighted by Gasteiger charge is 2.28. The predicted molar refractivity (Wildman–Crippen MR) is 98.6 cm³/mol. The van der Waals surface area contributed by atoms with Gasteiger partial charge in [0.1, 0.15) is 12.2 Å². The fourth-order valence-electron chi connectivity index (χ4n) is 3.12. The summed E-state index contributed by atoms with van der Waals surface area (Å²) in [4.78, 5) is 24.5. The molecular weight excluding hydrogens is 332 g/mol. The molecule has 0 aliphatic heterocycles. The molecule has 136 valence electrons. The van der Waals surface area contributed by atoms with Crippen molar-refractivity contribution in [2.24, 2.45) is 0 Å². The number of esters is 2. The van der Waals surface area contributed by atoms with Gasteiger partial charge in [-0.1, -0.05) is 18.2 Å². The second kappa shape index (κ2) is 7.91. The number of nitrogens with two attached hydrogens (primary N) is 2. The second-order valence-corrected chi connectivity index (χ2v) is 6.48. The van der Waals surface area contributed by atoms with E-state index in [4.69, 9.17) is 20.9 Å². The van der Waals surface area contributed by atoms with E-state index in [9.17, 15) is 9.59 Å². The first kappa shape index (κ1) is 17.8. The van der Waals surface area contributed by atoms with Gasteiger partial charge in [-0.3, -0.25) is 0 Å². The average Bonchev–Trinajstić information content (AvgIpc) is 2.62. The quantitative estimate of drug-likeness (QED) is 0.645. The Labute approximate surface area is 152 Å². The van der Waals surface area contributed by atoms with Gasteiger partial charge in [-0.15, -0.1) is 0 Å². The molecule has 3 rings (SSSR count). The number of benzene rings is 2. The van der Waals surface area contributed by atoms with E-state index >= 15 is 0 Å². The number of carbonyl (C=O) groups excluding carboxylic acids is 2. The van der Waals surface area contributed by atoms with Gasteiger partial charge in [0.25, 0.3) is 0 Å². The molecule has 0 radical (unpaired) electrons. The van der Waals surface area contributed by atoms with E-state index < -0.39 is 5.97 Å². The fourth-order valence-corrected chi connectivity index (χ4v) is 3.12. The van der Waals surface area contributed by atoms with Crippen molar-refractivity contribution in [3.63, 3.8) is 0 Å². The lowest BCUT2D eigenvalue weighted by Gasteiger charge is -2.28. The number of carbonyl (C=O) groups is 2. The molecule has 6 nitrogen and oxygen atoms in total. The Balaban J connectivity index is 1.58. The minimum absolute atomic E-state index is 0.264. The van der Waals surface area contributed by atoms with Gasteiger partial charge in [-0.2, -0.15) is 0 Å². The highest BCUT2D eigenvalue weighted by Crippen LogP contribution is 2.26. The van der Waals surface area contributed by atoms with Gasteiger partial charge in [-0.25, -0.2) is 9.59 Å². The normalized spacial score (nSPS) is 19.5. The number of rotatable bonds is 4. The molecule has 1 aliphatic carbocycles. The van der Waals surface area contributed by atoms with E-state index in [2.05, 4.69) is 0 Å². The van der Waals surface area contributed by atoms with Gasteiger partial charge in [0.05, 0.1) is 11.1 Å². The summed E-state index contributed by atoms with van der Waals surface area (Å²) in [5, 5.41) is 0. The van der Waals surface area contributed by atoms with Gasteiger partial charge in [0.2, 0.25) is 0 Å². The van der Waals surface area contributed by atoms with Crippen LogP contribution in [0.1, 0.15) is 46.4 Å². The van der Waals surface area contributed by atoms with Crippen LogP contribution < -0.4 is 11.5 Å². The van der Waals surface area contributed by atoms with Crippen LogP contribution in [0.2, 0.25) is 0 Å². The highest BCUT2D eigenvalue weighted by molar-refractivity contribution is 5.92. The van der Waals surface area contributed by atoms with E-state index in [0.717, 1.165) is 19.3 Å². The Bertz CT molecular complexity index is 771. The van der Waals surface area contributed by atoms with Crippen LogP contribution in [0.15, 0.2) is 48.5 Å². The van der Waals surface area contributed by atoms with E-state index in [1.807, 2.05) is 6.07 Å². The molecule has 0 bridgehead atoms. The molecule has 6 heteroatoms. The van der Waals surface area contributed by atoms with Crippen LogP contribution in [0.25, 0.3) is 0 Å². The Morgan fingerprint density at radius 3 is 1.92 bits per heavy atom. The molecule has 2 unspecified atom stereocenters. The smallest absolute Gasteiger partial charge is 0.338 e. The molecule has 1 aliphatic rings. The molecule has 2 atom stereocenters. The summed E-state index contributed by atoms with van der Waals surface area (Å²) >= 11 is 0. The molecule has 1 saturated carbocycles. The van der Waals surface area contributed by atoms with Crippen LogP contribution in [0.4, 0.5) is 11.4 Å². The van der Waals surface area contributed by atoms with Crippen molar-refractivity contribution in [1.82, 2.24) is 0 Å². The van der Waals surface area contributed by atoms with E-state index in [1.54, 1.807) is 30.3 Å². The number of hydrogen-bond donors (Lipinski definition) is 2. The maximum atomic E-state index is 12.3. The predicted octanol–water partition coefficient (Wildman–Crippen LogP) is 3.18. The van der Waals surface area contributed by atoms with Crippen LogP contribution in [0.3, 0.4) is 0 Å². The third-order valence-corrected chi connectivity index (χ3v) is 4.35. The SMILES string of the molecule is Nc1cc(N)cc(C(=O)OC2CCCC(OC(=O)c3ccccc3)C2)c1. The first-order valence-corrected chi connectivity index (χ1v) is 8.64. The standard InChI is InChI=1S/C20H22N2O4/c21-15-9-14(10-16(22)11-15)20(24)26-18-8-4-7-17(12-18)25-19(23)13-5-2-1-3-6-13/h1-3,5-6,9-11,17-18H,4,7-8,12,21-22H2. The monoisotopic (exact) mass is 354 g/mol. The molecule has 2 aromatic carbocycles. The Morgan fingerprint density at radius 2 is 1.35 bits per heavy atom. The van der Waals surface area contributed by atoms with Gasteiger partial charge < -0.3 is 20.9 Å². The summed E-state index contributed by atoms with van der Waals surface area (Å²) in [6, 6.07) is 13.5. The topological polar surface area (TPSA) is 105 Å². The van der Waals surface area contributed by atoms with Gasteiger partial charge >= 0.3 is 11.9 Å². The summed E-state index contributed by atoms with van der Waals surface area (Å²) in [5.41, 5.74) is 13.1. The molecule has 0 heterocycles. The molecule has 0 aromatic heterocycles. The van der Waals surface area contributed by atoms with E-state index in [1.165, 1.54) is 12.1 Å². The first-order valence-electron chi connectivity index (χ1n) is 8.64. The molecule has 0 saturated heterocycles. The Hall–Kier alpha value is -3.02. The van der Waals surface area contributed by atoms with E-state index in [-0.39, 0.29) is 18.2 Å². The fraction of sp³-hybridized carbons (Fsp3) is 0.300. The van der Waals surface area contributed by atoms with E-state index in [0.29, 0.717) is 28.9 Å². The van der Waals surface area contributed by atoms with Crippen LogP contribution in [0, 0.1) is 0 Å². The number of hydrogen-bond acceptors (Lipinski definition) is 6. The zero-order valence-electron chi connectivity index (χ0n) is 14.4. The Kier molecular flexibility index (Phi) is 5.41. The minimum atomic E-state index is -0.468. The summed E-state index contributed by atoms with van der Waals surface area (Å²) in [7, 11) is 0. The van der Waals surface area contributed by atoms with Gasteiger partial charge in [0, 0.05) is 17.8 Å². The minimum Gasteiger partial charge on any atom is -0.459 e. The highest BCUT2D eigenvalue weighted by atomic mass is 16.6. The van der Waals surface area contributed by atoms with Crippen LogP contribution in [-0.2, 0) is 9.47 Å². The maximum Gasteiger partial charge on any atom is 0.338 e. The van der Waals surface area contributed by atoms with Crippen LogP contribution in [0.5, 0.6) is 0 Å². The zero-order valence-corrected chi connectivity index (χ0v) is 14.4. The maximum absolute atomic E-state index is 12.3. The average molecular weight is 354 g/mol. The van der Waals surface area contributed by atoms with Crippen molar-refractivity contribution in [3.05, 3.63) is 59.7 Å². The van der Waals surface area contributed by atoms with Crippen molar-refractivity contribution in [3.8, 4) is 0 Å². The van der Waals surface area contributed by atoms with Crippen LogP contribution in [-0.4, -0.2) is 24.1 Å². The summed E-state index contributed by atoms with van der Waals surface area (Å²) < 4.78 is 11.1. The largest absolute Gasteiger partial charge is 0.459 e. The lowest BCUT2D eigenvalue weighted by molar-refractivity contribution is -0.0177. The molecule has 0 amide bonds. The van der Waals surface area contributed by atoms with Crippen molar-refractivity contribution in [1.29, 1.82) is 0 Å². The number of nitrogen functional groups attached to an aromatic ring is 2. The molecule has 4 N–H and O–H groups in total. The third-order valence-electron chi connectivity index (χ3n) is 4.35. The van der Waals surface area contributed by atoms with Crippen molar-refractivity contribution >= 4 is 23.3 Å². The molecule has 1 fully saturated rings. The zero-order chi connectivity index (χ0) is 18.5. The number of ether oxygens (including phenoxy) is 2.